The number of benzene rings is 2. The van der Waals surface area contributed by atoms with Gasteiger partial charge in [-0.05, 0) is 29.7 Å². The van der Waals surface area contributed by atoms with Crippen LogP contribution in [0.3, 0.4) is 0 Å². The van der Waals surface area contributed by atoms with Gasteiger partial charge in [-0.3, -0.25) is 0 Å². The molecule has 0 saturated carbocycles. The van der Waals surface area contributed by atoms with E-state index in [2.05, 4.69) is 73.5 Å². The van der Waals surface area contributed by atoms with Crippen LogP contribution >= 0.6 is 0 Å². The number of hydrogen-bond donors (Lipinski definition) is 0. The minimum absolute atomic E-state index is 0.516. The zero-order chi connectivity index (χ0) is 13.2. The fraction of sp³-hybridized carbons (Fsp3) is 0.333. The molecule has 0 aliphatic carbocycles. The lowest BCUT2D eigenvalue weighted by Crippen LogP contribution is -2.23. The lowest BCUT2D eigenvalue weighted by molar-refractivity contribution is 0.281. The highest BCUT2D eigenvalue weighted by Gasteiger charge is 2.27. The molecule has 2 atom stereocenters. The molecule has 0 fully saturated rings. The molecule has 0 aromatic heterocycles. The van der Waals surface area contributed by atoms with E-state index in [9.17, 15) is 0 Å². The van der Waals surface area contributed by atoms with E-state index in [1.807, 2.05) is 0 Å². The van der Waals surface area contributed by atoms with Gasteiger partial charge in [0.1, 0.15) is 0 Å². The third-order valence-corrected chi connectivity index (χ3v) is 4.16. The lowest BCUT2D eigenvalue weighted by atomic mass is 9.80. The summed E-state index contributed by atoms with van der Waals surface area (Å²) in [6, 6.07) is 19.9. The van der Waals surface area contributed by atoms with Crippen LogP contribution in [0.4, 0.5) is 0 Å². The molecule has 1 heterocycles. The first-order valence-electron chi connectivity index (χ1n) is 7.07. The number of rotatable bonds is 1. The summed E-state index contributed by atoms with van der Waals surface area (Å²) in [6.07, 6.45) is 0. The molecule has 1 aliphatic heterocycles. The number of hydrogen-bond acceptors (Lipinski definition) is 1. The molecular formula is C18H21N. The van der Waals surface area contributed by atoms with E-state index in [-0.39, 0.29) is 0 Å². The normalized spacial score (nSPS) is 23.7. The van der Waals surface area contributed by atoms with Crippen LogP contribution < -0.4 is 0 Å². The van der Waals surface area contributed by atoms with Gasteiger partial charge in [-0.2, -0.15) is 0 Å². The number of nitrogens with zero attached hydrogens (tertiary/aromatic N) is 1. The Labute approximate surface area is 115 Å². The van der Waals surface area contributed by atoms with Gasteiger partial charge in [-0.25, -0.2) is 0 Å². The average molecular weight is 251 g/mol. The highest BCUT2D eigenvalue weighted by molar-refractivity contribution is 5.39. The van der Waals surface area contributed by atoms with E-state index in [0.717, 1.165) is 13.1 Å². The molecular weight excluding hydrogens is 230 g/mol. The van der Waals surface area contributed by atoms with E-state index < -0.39 is 0 Å². The van der Waals surface area contributed by atoms with Gasteiger partial charge in [0.25, 0.3) is 0 Å². The fourth-order valence-corrected chi connectivity index (χ4v) is 3.41. The molecule has 0 spiro atoms. The summed E-state index contributed by atoms with van der Waals surface area (Å²) in [5.41, 5.74) is 4.42. The van der Waals surface area contributed by atoms with Gasteiger partial charge < -0.3 is 4.90 Å². The van der Waals surface area contributed by atoms with Gasteiger partial charge in [0.15, 0.2) is 0 Å². The van der Waals surface area contributed by atoms with Gasteiger partial charge in [0, 0.05) is 19.0 Å². The number of fused-ring (bicyclic) bond motifs is 1. The molecule has 1 aliphatic rings. The lowest BCUT2D eigenvalue weighted by Gasteiger charge is -2.25. The van der Waals surface area contributed by atoms with Crippen molar-refractivity contribution < 1.29 is 0 Å². The highest BCUT2D eigenvalue weighted by Crippen LogP contribution is 2.36. The van der Waals surface area contributed by atoms with Crippen molar-refractivity contribution >= 4 is 0 Å². The summed E-state index contributed by atoms with van der Waals surface area (Å²) >= 11 is 0. The SMILES string of the molecule is C[C@H]1CN(C)Cc2ccccc2[C@@H]1c1ccccc1. The monoisotopic (exact) mass is 251 g/mol. The third-order valence-electron chi connectivity index (χ3n) is 4.16. The van der Waals surface area contributed by atoms with Crippen molar-refractivity contribution in [3.05, 3.63) is 71.3 Å². The van der Waals surface area contributed by atoms with Crippen molar-refractivity contribution in [2.45, 2.75) is 19.4 Å². The standard InChI is InChI=1S/C18H21N/c1-14-12-19(2)13-16-10-6-7-11-17(16)18(14)15-8-4-3-5-9-15/h3-11,14,18H,12-13H2,1-2H3/t14-,18-/m0/s1. The van der Waals surface area contributed by atoms with Gasteiger partial charge in [-0.1, -0.05) is 61.5 Å². The van der Waals surface area contributed by atoms with Gasteiger partial charge in [-0.15, -0.1) is 0 Å². The maximum Gasteiger partial charge on any atom is 0.0233 e. The van der Waals surface area contributed by atoms with Gasteiger partial charge in [0.2, 0.25) is 0 Å². The molecule has 98 valence electrons. The molecule has 3 rings (SSSR count). The molecule has 0 N–H and O–H groups in total. The Morgan fingerprint density at radius 1 is 0.947 bits per heavy atom. The van der Waals surface area contributed by atoms with Crippen LogP contribution in [0.1, 0.15) is 29.5 Å². The first-order valence-corrected chi connectivity index (χ1v) is 7.07. The largest absolute Gasteiger partial charge is 0.302 e. The van der Waals surface area contributed by atoms with Crippen molar-refractivity contribution in [3.63, 3.8) is 0 Å². The zero-order valence-corrected chi connectivity index (χ0v) is 11.7. The first kappa shape index (κ1) is 12.4. The molecule has 0 unspecified atom stereocenters. The summed E-state index contributed by atoms with van der Waals surface area (Å²) < 4.78 is 0. The van der Waals surface area contributed by atoms with Crippen LogP contribution in [0.5, 0.6) is 0 Å². The first-order chi connectivity index (χ1) is 9.25. The maximum atomic E-state index is 2.44. The molecule has 0 radical (unpaired) electrons. The van der Waals surface area contributed by atoms with Crippen LogP contribution in [-0.2, 0) is 6.54 Å². The Balaban J connectivity index is 2.11. The molecule has 1 nitrogen and oxygen atoms in total. The van der Waals surface area contributed by atoms with Crippen LogP contribution in [-0.4, -0.2) is 18.5 Å². The van der Waals surface area contributed by atoms with E-state index in [1.54, 1.807) is 0 Å². The van der Waals surface area contributed by atoms with Crippen molar-refractivity contribution in [1.82, 2.24) is 4.90 Å². The molecule has 2 aromatic rings. The predicted octanol–water partition coefficient (Wildman–Crippen LogP) is 3.90. The molecule has 19 heavy (non-hydrogen) atoms. The van der Waals surface area contributed by atoms with E-state index >= 15 is 0 Å². The summed E-state index contributed by atoms with van der Waals surface area (Å²) in [5.74, 6) is 1.15. The summed E-state index contributed by atoms with van der Waals surface area (Å²) in [6.45, 7) is 4.58. The molecule has 2 aromatic carbocycles. The minimum atomic E-state index is 0.516. The predicted molar refractivity (Wildman–Crippen MR) is 80.2 cm³/mol. The van der Waals surface area contributed by atoms with Crippen LogP contribution in [0.2, 0.25) is 0 Å². The quantitative estimate of drug-likeness (QED) is 0.743. The van der Waals surface area contributed by atoms with Crippen LogP contribution in [0, 0.1) is 5.92 Å². The summed E-state index contributed by atoms with van der Waals surface area (Å²) in [7, 11) is 2.22. The second-order valence-electron chi connectivity index (χ2n) is 5.76. The fourth-order valence-electron chi connectivity index (χ4n) is 3.41. The van der Waals surface area contributed by atoms with E-state index in [0.29, 0.717) is 11.8 Å². The highest BCUT2D eigenvalue weighted by atomic mass is 15.1. The van der Waals surface area contributed by atoms with Crippen LogP contribution in [0.25, 0.3) is 0 Å². The van der Waals surface area contributed by atoms with Crippen molar-refractivity contribution in [1.29, 1.82) is 0 Å². The van der Waals surface area contributed by atoms with E-state index in [1.165, 1.54) is 16.7 Å². The topological polar surface area (TPSA) is 3.24 Å². The Morgan fingerprint density at radius 3 is 2.42 bits per heavy atom. The third kappa shape index (κ3) is 2.43. The second-order valence-corrected chi connectivity index (χ2v) is 5.76. The maximum absolute atomic E-state index is 2.44. The molecule has 0 saturated heterocycles. The Hall–Kier alpha value is -1.60. The molecule has 1 heteroatoms. The molecule has 0 bridgehead atoms. The van der Waals surface area contributed by atoms with Crippen molar-refractivity contribution in [2.75, 3.05) is 13.6 Å². The summed E-state index contributed by atoms with van der Waals surface area (Å²) in [4.78, 5) is 2.44. The van der Waals surface area contributed by atoms with Crippen molar-refractivity contribution in [3.8, 4) is 0 Å². The Morgan fingerprint density at radius 2 is 1.63 bits per heavy atom. The zero-order valence-electron chi connectivity index (χ0n) is 11.7. The minimum Gasteiger partial charge on any atom is -0.302 e. The van der Waals surface area contributed by atoms with Crippen LogP contribution in [0.15, 0.2) is 54.6 Å². The van der Waals surface area contributed by atoms with Gasteiger partial charge >= 0.3 is 0 Å². The average Bonchev–Trinajstić information content (AvgIpc) is 2.54. The smallest absolute Gasteiger partial charge is 0.0233 e. The second kappa shape index (κ2) is 5.18. The Bertz CT molecular complexity index is 547. The van der Waals surface area contributed by atoms with Gasteiger partial charge in [0.05, 0.1) is 0 Å². The van der Waals surface area contributed by atoms with E-state index in [4.69, 9.17) is 0 Å². The molecule has 0 amide bonds. The Kier molecular flexibility index (Phi) is 3.39. The van der Waals surface area contributed by atoms with Crippen molar-refractivity contribution in [2.24, 2.45) is 5.92 Å². The summed E-state index contributed by atoms with van der Waals surface area (Å²) in [5, 5.41) is 0.